The number of nitro benzene ring substituents is 1. The van der Waals surface area contributed by atoms with E-state index in [0.717, 1.165) is 0 Å². The monoisotopic (exact) mass is 507 g/mol. The number of ether oxygens (including phenoxy) is 2. The number of para-hydroxylation sites is 1. The van der Waals surface area contributed by atoms with Crippen LogP contribution >= 0.6 is 0 Å². The standard InChI is InChI=1S/C26H25N3O8/c1-35-19-7-3-5-17-15-20(37-25(17)19)23(30)21-22(16-4-2-6-18(14-16)29(33)34)28(26(32)24(21)31)9-8-27-10-12-36-13-11-27/h2-7,14-15,22,31H,8-13H2,1H3. The van der Waals surface area contributed by atoms with E-state index >= 15 is 0 Å². The Morgan fingerprint density at radius 1 is 1.16 bits per heavy atom. The predicted molar refractivity (Wildman–Crippen MR) is 132 cm³/mol. The number of carbonyl (C=O) groups excluding carboxylic acids is 2. The van der Waals surface area contributed by atoms with E-state index in [1.165, 1.54) is 36.3 Å². The van der Waals surface area contributed by atoms with Crippen molar-refractivity contribution in [2.45, 2.75) is 6.04 Å². The topological polar surface area (TPSA) is 136 Å². The molecule has 0 aliphatic carbocycles. The molecule has 1 atom stereocenters. The number of nitrogens with zero attached hydrogens (tertiary/aromatic N) is 3. The van der Waals surface area contributed by atoms with Gasteiger partial charge in [-0.05, 0) is 17.7 Å². The van der Waals surface area contributed by atoms with Gasteiger partial charge in [0.2, 0.25) is 5.78 Å². The van der Waals surface area contributed by atoms with Gasteiger partial charge in [0.25, 0.3) is 11.6 Å². The lowest BCUT2D eigenvalue weighted by molar-refractivity contribution is -0.384. The van der Waals surface area contributed by atoms with Gasteiger partial charge in [0.15, 0.2) is 22.9 Å². The molecule has 0 radical (unpaired) electrons. The Morgan fingerprint density at radius 2 is 1.92 bits per heavy atom. The summed E-state index contributed by atoms with van der Waals surface area (Å²) in [4.78, 5) is 41.4. The number of Topliss-reactive ketones (excluding diaryl/α,β-unsaturated/α-hetero) is 1. The van der Waals surface area contributed by atoms with Gasteiger partial charge in [0, 0.05) is 43.7 Å². The van der Waals surface area contributed by atoms with Crippen LogP contribution in [0.1, 0.15) is 22.2 Å². The summed E-state index contributed by atoms with van der Waals surface area (Å²) in [5.41, 5.74) is 0.315. The molecule has 3 aromatic rings. The maximum absolute atomic E-state index is 13.7. The minimum absolute atomic E-state index is 0.0840. The predicted octanol–water partition coefficient (Wildman–Crippen LogP) is 3.26. The molecule has 1 amide bonds. The number of aliphatic hydroxyl groups excluding tert-OH is 1. The lowest BCUT2D eigenvalue weighted by Crippen LogP contribution is -2.43. The molecular formula is C26H25N3O8. The summed E-state index contributed by atoms with van der Waals surface area (Å²) in [6, 6.07) is 11.4. The zero-order valence-electron chi connectivity index (χ0n) is 20.1. The number of methoxy groups -OCH3 is 1. The molecule has 1 unspecified atom stereocenters. The number of rotatable bonds is 8. The van der Waals surface area contributed by atoms with Crippen molar-refractivity contribution < 1.29 is 33.5 Å². The quantitative estimate of drug-likeness (QED) is 0.277. The first-order chi connectivity index (χ1) is 17.9. The lowest BCUT2D eigenvalue weighted by Gasteiger charge is -2.31. The van der Waals surface area contributed by atoms with Crippen LogP contribution in [0.4, 0.5) is 5.69 Å². The van der Waals surface area contributed by atoms with E-state index in [0.29, 0.717) is 55.1 Å². The normalized spacial score (nSPS) is 18.6. The molecule has 2 aliphatic heterocycles. The third-order valence-corrected chi connectivity index (χ3v) is 6.66. The van der Waals surface area contributed by atoms with Crippen LogP contribution in [-0.2, 0) is 9.53 Å². The van der Waals surface area contributed by atoms with Crippen molar-refractivity contribution in [1.29, 1.82) is 0 Å². The molecule has 11 nitrogen and oxygen atoms in total. The van der Waals surface area contributed by atoms with Crippen LogP contribution in [0.15, 0.2) is 64.3 Å². The van der Waals surface area contributed by atoms with Gasteiger partial charge < -0.3 is 23.9 Å². The smallest absolute Gasteiger partial charge is 0.290 e. The van der Waals surface area contributed by atoms with E-state index in [-0.39, 0.29) is 23.6 Å². The first-order valence-corrected chi connectivity index (χ1v) is 11.8. The fourth-order valence-electron chi connectivity index (χ4n) is 4.79. The SMILES string of the molecule is COc1cccc2cc(C(=O)C3=C(O)C(=O)N(CCN4CCOCC4)C3c3cccc([N+](=O)[O-])c3)oc12. The van der Waals surface area contributed by atoms with Crippen LogP contribution in [0.25, 0.3) is 11.0 Å². The molecule has 0 bridgehead atoms. The molecule has 2 aliphatic rings. The fraction of sp³-hybridized carbons (Fsp3) is 0.308. The molecule has 1 aromatic heterocycles. The van der Waals surface area contributed by atoms with Crippen molar-refractivity contribution in [2.75, 3.05) is 46.5 Å². The molecule has 192 valence electrons. The van der Waals surface area contributed by atoms with E-state index in [4.69, 9.17) is 13.9 Å². The van der Waals surface area contributed by atoms with Crippen molar-refractivity contribution >= 4 is 28.3 Å². The van der Waals surface area contributed by atoms with Gasteiger partial charge in [-0.15, -0.1) is 0 Å². The first-order valence-electron chi connectivity index (χ1n) is 11.8. The summed E-state index contributed by atoms with van der Waals surface area (Å²) < 4.78 is 16.5. The Balaban J connectivity index is 1.54. The molecule has 0 spiro atoms. The van der Waals surface area contributed by atoms with Crippen LogP contribution in [0.2, 0.25) is 0 Å². The number of fused-ring (bicyclic) bond motifs is 1. The highest BCUT2D eigenvalue weighted by molar-refractivity contribution is 6.16. The van der Waals surface area contributed by atoms with E-state index in [1.807, 2.05) is 0 Å². The number of non-ortho nitro benzene ring substituents is 1. The molecule has 37 heavy (non-hydrogen) atoms. The molecule has 1 saturated heterocycles. The van der Waals surface area contributed by atoms with Gasteiger partial charge in [-0.25, -0.2) is 0 Å². The number of amides is 1. The average Bonchev–Trinajstić information content (AvgIpc) is 3.47. The Labute approximate surface area is 211 Å². The maximum atomic E-state index is 13.7. The van der Waals surface area contributed by atoms with Crippen molar-refractivity contribution in [3.05, 3.63) is 81.3 Å². The summed E-state index contributed by atoms with van der Waals surface area (Å²) in [5, 5.41) is 23.0. The summed E-state index contributed by atoms with van der Waals surface area (Å²) in [7, 11) is 1.48. The van der Waals surface area contributed by atoms with E-state index < -0.39 is 28.4 Å². The highest BCUT2D eigenvalue weighted by atomic mass is 16.6. The van der Waals surface area contributed by atoms with Gasteiger partial charge >= 0.3 is 0 Å². The van der Waals surface area contributed by atoms with Crippen LogP contribution in [0.5, 0.6) is 5.75 Å². The molecule has 2 aromatic carbocycles. The van der Waals surface area contributed by atoms with Gasteiger partial charge in [0.1, 0.15) is 0 Å². The number of nitro groups is 1. The second kappa shape index (κ2) is 10.0. The number of furan rings is 1. The zero-order chi connectivity index (χ0) is 26.1. The largest absolute Gasteiger partial charge is 0.503 e. The zero-order valence-corrected chi connectivity index (χ0v) is 20.1. The van der Waals surface area contributed by atoms with E-state index in [9.17, 15) is 24.8 Å². The number of hydrogen-bond acceptors (Lipinski definition) is 9. The third-order valence-electron chi connectivity index (χ3n) is 6.66. The van der Waals surface area contributed by atoms with Crippen molar-refractivity contribution in [2.24, 2.45) is 0 Å². The van der Waals surface area contributed by atoms with Crippen LogP contribution in [0, 0.1) is 10.1 Å². The molecule has 1 N–H and O–H groups in total. The maximum Gasteiger partial charge on any atom is 0.290 e. The Kier molecular flexibility index (Phi) is 6.64. The summed E-state index contributed by atoms with van der Waals surface area (Å²) in [6.45, 7) is 3.21. The minimum Gasteiger partial charge on any atom is -0.503 e. The molecule has 1 fully saturated rings. The first kappa shape index (κ1) is 24.5. The van der Waals surface area contributed by atoms with Crippen LogP contribution in [0.3, 0.4) is 0 Å². The third kappa shape index (κ3) is 4.54. The average molecular weight is 507 g/mol. The fourth-order valence-corrected chi connectivity index (χ4v) is 4.79. The highest BCUT2D eigenvalue weighted by Crippen LogP contribution is 2.41. The van der Waals surface area contributed by atoms with Crippen LogP contribution in [-0.4, -0.2) is 78.0 Å². The second-order valence-electron chi connectivity index (χ2n) is 8.79. The Hall–Kier alpha value is -4.22. The van der Waals surface area contributed by atoms with E-state index in [1.54, 1.807) is 24.3 Å². The molecule has 3 heterocycles. The molecule has 11 heteroatoms. The van der Waals surface area contributed by atoms with E-state index in [2.05, 4.69) is 4.90 Å². The van der Waals surface area contributed by atoms with Crippen LogP contribution < -0.4 is 4.74 Å². The summed E-state index contributed by atoms with van der Waals surface area (Å²) >= 11 is 0. The number of hydrogen-bond donors (Lipinski definition) is 1. The molecule has 5 rings (SSSR count). The molecule has 0 saturated carbocycles. The van der Waals surface area contributed by atoms with Crippen molar-refractivity contribution in [3.8, 4) is 5.75 Å². The Bertz CT molecular complexity index is 1410. The van der Waals surface area contributed by atoms with Gasteiger partial charge in [-0.3, -0.25) is 24.6 Å². The summed E-state index contributed by atoms with van der Waals surface area (Å²) in [6.07, 6.45) is 0. The summed E-state index contributed by atoms with van der Waals surface area (Å²) in [5.74, 6) is -1.76. The highest BCUT2D eigenvalue weighted by Gasteiger charge is 2.45. The minimum atomic E-state index is -1.03. The number of aliphatic hydroxyl groups is 1. The van der Waals surface area contributed by atoms with Crippen molar-refractivity contribution in [1.82, 2.24) is 9.80 Å². The molecular weight excluding hydrogens is 482 g/mol. The second-order valence-corrected chi connectivity index (χ2v) is 8.79. The lowest BCUT2D eigenvalue weighted by atomic mass is 9.94. The van der Waals surface area contributed by atoms with Gasteiger partial charge in [0.05, 0.1) is 36.9 Å². The van der Waals surface area contributed by atoms with Crippen molar-refractivity contribution in [3.63, 3.8) is 0 Å². The number of benzene rings is 2. The van der Waals surface area contributed by atoms with Gasteiger partial charge in [-0.2, -0.15) is 0 Å². The van der Waals surface area contributed by atoms with Gasteiger partial charge in [-0.1, -0.05) is 24.3 Å². The number of morpholine rings is 1. The number of ketones is 1. The Morgan fingerprint density at radius 3 is 2.65 bits per heavy atom. The number of carbonyl (C=O) groups is 2.